The smallest absolute Gasteiger partial charge is 0.307 e. The molecule has 0 spiro atoms. The van der Waals surface area contributed by atoms with Crippen molar-refractivity contribution >= 4 is 0 Å². The Morgan fingerprint density at radius 3 is 1.94 bits per heavy atom. The second-order valence-corrected chi connectivity index (χ2v) is 5.44. The Morgan fingerprint density at radius 2 is 1.53 bits per heavy atom. The highest BCUT2D eigenvalue weighted by molar-refractivity contribution is 4.82. The summed E-state index contributed by atoms with van der Waals surface area (Å²) < 4.78 is 35.8. The lowest BCUT2D eigenvalue weighted by Gasteiger charge is -2.22. The molecule has 2 fully saturated rings. The second-order valence-electron chi connectivity index (χ2n) is 5.44. The number of hydrogen-bond donors (Lipinski definition) is 1. The van der Waals surface area contributed by atoms with Gasteiger partial charge in [0, 0.05) is 26.2 Å². The summed E-state index contributed by atoms with van der Waals surface area (Å²) in [5.41, 5.74) is 0. The number of hydrogen-bond acceptors (Lipinski definition) is 2. The van der Waals surface area contributed by atoms with Crippen molar-refractivity contribution in [1.29, 1.82) is 0 Å². The summed E-state index contributed by atoms with van der Waals surface area (Å²) in [6.45, 7) is 2.50. The Kier molecular flexibility index (Phi) is 4.31. The lowest BCUT2D eigenvalue weighted by Crippen LogP contribution is -2.38. The molecular weight excluding hydrogens is 229 g/mol. The van der Waals surface area contributed by atoms with Crippen LogP contribution in [0.4, 0.5) is 13.2 Å². The summed E-state index contributed by atoms with van der Waals surface area (Å²) in [6.07, 6.45) is 1.13. The first kappa shape index (κ1) is 13.1. The summed E-state index contributed by atoms with van der Waals surface area (Å²) in [7, 11) is 0. The van der Waals surface area contributed by atoms with Crippen LogP contribution in [0.15, 0.2) is 0 Å². The van der Waals surface area contributed by atoms with E-state index in [1.54, 1.807) is 0 Å². The minimum absolute atomic E-state index is 0.443. The average molecular weight is 250 g/mol. The fraction of sp³-hybridized carbons (Fsp3) is 1.00. The first-order valence-corrected chi connectivity index (χ1v) is 6.53. The van der Waals surface area contributed by atoms with Crippen molar-refractivity contribution in [3.8, 4) is 0 Å². The Morgan fingerprint density at radius 1 is 1.00 bits per heavy atom. The predicted octanol–water partition coefficient (Wildman–Crippen LogP) is 2.26. The van der Waals surface area contributed by atoms with Gasteiger partial charge >= 0.3 is 6.18 Å². The third-order valence-electron chi connectivity index (χ3n) is 3.36. The highest BCUT2D eigenvalue weighted by atomic mass is 19.4. The molecule has 0 bridgehead atoms. The summed E-state index contributed by atoms with van der Waals surface area (Å²) in [6, 6.07) is 0. The lowest BCUT2D eigenvalue weighted by atomic mass is 10.3. The fourth-order valence-electron chi connectivity index (χ4n) is 2.06. The van der Waals surface area contributed by atoms with Gasteiger partial charge in [0.25, 0.3) is 0 Å². The molecule has 0 atom stereocenters. The zero-order chi connectivity index (χ0) is 12.3. The zero-order valence-electron chi connectivity index (χ0n) is 10.1. The second kappa shape index (κ2) is 5.57. The highest BCUT2D eigenvalue weighted by Crippen LogP contribution is 2.33. The largest absolute Gasteiger partial charge is 0.401 e. The normalized spacial score (nSPS) is 21.2. The minimum atomic E-state index is -4.09. The Bertz CT molecular complexity index is 220. The van der Waals surface area contributed by atoms with Gasteiger partial charge in [-0.3, -0.25) is 0 Å². The lowest BCUT2D eigenvalue weighted by molar-refractivity contribution is -0.124. The summed E-state index contributed by atoms with van der Waals surface area (Å²) in [5, 5.41) is 2.48. The van der Waals surface area contributed by atoms with Gasteiger partial charge in [0.2, 0.25) is 0 Å². The summed E-state index contributed by atoms with van der Waals surface area (Å²) >= 11 is 0. The Labute approximate surface area is 101 Å². The van der Waals surface area contributed by atoms with Crippen molar-refractivity contribution in [3.63, 3.8) is 0 Å². The van der Waals surface area contributed by atoms with Gasteiger partial charge in [0.1, 0.15) is 0 Å². The molecule has 2 nitrogen and oxygen atoms in total. The molecule has 2 aliphatic rings. The average Bonchev–Trinajstić information content (AvgIpc) is 3.05. The molecule has 2 saturated carbocycles. The van der Waals surface area contributed by atoms with E-state index < -0.39 is 12.7 Å². The summed E-state index contributed by atoms with van der Waals surface area (Å²) in [4.78, 5) is 2.35. The van der Waals surface area contributed by atoms with E-state index in [4.69, 9.17) is 0 Å². The molecule has 0 unspecified atom stereocenters. The maximum Gasteiger partial charge on any atom is 0.401 e. The molecule has 2 aliphatic carbocycles. The van der Waals surface area contributed by atoms with E-state index in [9.17, 15) is 13.2 Å². The van der Waals surface area contributed by atoms with Crippen LogP contribution in [-0.2, 0) is 0 Å². The maximum atomic E-state index is 11.9. The molecule has 0 aliphatic heterocycles. The van der Waals surface area contributed by atoms with E-state index >= 15 is 0 Å². The molecular formula is C12H21F3N2. The van der Waals surface area contributed by atoms with Crippen LogP contribution < -0.4 is 5.32 Å². The number of halogens is 3. The van der Waals surface area contributed by atoms with Gasteiger partial charge < -0.3 is 10.2 Å². The van der Waals surface area contributed by atoms with Gasteiger partial charge in [-0.25, -0.2) is 0 Å². The van der Waals surface area contributed by atoms with Gasteiger partial charge in [-0.15, -0.1) is 0 Å². The maximum absolute atomic E-state index is 11.9. The van der Waals surface area contributed by atoms with Crippen LogP contribution in [0.3, 0.4) is 0 Å². The van der Waals surface area contributed by atoms with Gasteiger partial charge in [-0.2, -0.15) is 13.2 Å². The number of alkyl halides is 3. The predicted molar refractivity (Wildman–Crippen MR) is 60.8 cm³/mol. The molecule has 1 N–H and O–H groups in total. The van der Waals surface area contributed by atoms with Crippen LogP contribution in [0.25, 0.3) is 0 Å². The fourth-order valence-corrected chi connectivity index (χ4v) is 2.06. The molecule has 0 radical (unpaired) electrons. The SMILES string of the molecule is FC(F)(F)CNCCN(CC1CC1)CC1CC1. The molecule has 100 valence electrons. The standard InChI is InChI=1S/C12H21F3N2/c13-12(14,15)9-16-5-6-17(7-10-1-2-10)8-11-3-4-11/h10-11,16H,1-9H2. The van der Waals surface area contributed by atoms with Crippen molar-refractivity contribution in [2.45, 2.75) is 31.9 Å². The third kappa shape index (κ3) is 6.27. The van der Waals surface area contributed by atoms with Crippen LogP contribution in [0, 0.1) is 11.8 Å². The molecule has 0 aromatic carbocycles. The first-order chi connectivity index (χ1) is 8.03. The molecule has 0 heterocycles. The van der Waals surface area contributed by atoms with E-state index in [0.29, 0.717) is 6.54 Å². The van der Waals surface area contributed by atoms with Crippen LogP contribution in [-0.4, -0.2) is 43.8 Å². The van der Waals surface area contributed by atoms with Crippen LogP contribution >= 0.6 is 0 Å². The molecule has 0 aromatic heterocycles. The monoisotopic (exact) mass is 250 g/mol. The van der Waals surface area contributed by atoms with Crippen molar-refractivity contribution in [1.82, 2.24) is 10.2 Å². The van der Waals surface area contributed by atoms with E-state index in [2.05, 4.69) is 10.2 Å². The van der Waals surface area contributed by atoms with Crippen LogP contribution in [0.5, 0.6) is 0 Å². The van der Waals surface area contributed by atoms with Gasteiger partial charge in [-0.1, -0.05) is 0 Å². The molecule has 2 rings (SSSR count). The molecule has 0 aromatic rings. The quantitative estimate of drug-likeness (QED) is 0.665. The first-order valence-electron chi connectivity index (χ1n) is 6.53. The Hall–Kier alpha value is -0.290. The Balaban J connectivity index is 1.58. The molecule has 0 saturated heterocycles. The van der Waals surface area contributed by atoms with E-state index in [1.807, 2.05) is 0 Å². The van der Waals surface area contributed by atoms with Gasteiger partial charge in [0.05, 0.1) is 6.54 Å². The van der Waals surface area contributed by atoms with Gasteiger partial charge in [0.15, 0.2) is 0 Å². The van der Waals surface area contributed by atoms with Crippen molar-refractivity contribution in [3.05, 3.63) is 0 Å². The summed E-state index contributed by atoms with van der Waals surface area (Å²) in [5.74, 6) is 1.63. The zero-order valence-corrected chi connectivity index (χ0v) is 10.1. The molecule has 17 heavy (non-hydrogen) atoms. The van der Waals surface area contributed by atoms with Crippen molar-refractivity contribution < 1.29 is 13.2 Å². The molecule has 5 heteroatoms. The van der Waals surface area contributed by atoms with Crippen molar-refractivity contribution in [2.24, 2.45) is 11.8 Å². The topological polar surface area (TPSA) is 15.3 Å². The number of rotatable bonds is 8. The number of nitrogens with zero attached hydrogens (tertiary/aromatic N) is 1. The molecule has 0 amide bonds. The van der Waals surface area contributed by atoms with Crippen molar-refractivity contribution in [2.75, 3.05) is 32.7 Å². The van der Waals surface area contributed by atoms with Crippen LogP contribution in [0.2, 0.25) is 0 Å². The van der Waals surface area contributed by atoms with Gasteiger partial charge in [-0.05, 0) is 37.5 Å². The van der Waals surface area contributed by atoms with E-state index in [1.165, 1.54) is 25.7 Å². The minimum Gasteiger partial charge on any atom is -0.307 e. The van der Waals surface area contributed by atoms with E-state index in [-0.39, 0.29) is 0 Å². The third-order valence-corrected chi connectivity index (χ3v) is 3.36. The highest BCUT2D eigenvalue weighted by Gasteiger charge is 2.29. The van der Waals surface area contributed by atoms with E-state index in [0.717, 1.165) is 31.5 Å². The number of nitrogens with one attached hydrogen (secondary N) is 1. The van der Waals surface area contributed by atoms with Crippen LogP contribution in [0.1, 0.15) is 25.7 Å².